The van der Waals surface area contributed by atoms with Gasteiger partial charge in [-0.25, -0.2) is 0 Å². The molecule has 0 amide bonds. The molecule has 58 heavy (non-hydrogen) atoms. The van der Waals surface area contributed by atoms with E-state index in [-0.39, 0.29) is 59.3 Å². The SMILES string of the molecule is CN[C@@H](Cc1ccc(C)cc1)C(=O)OP.CN[C@@H](Cc1ccc(O)cc1)C(=O)OP.C[C@@H](Cc1ccc(O)cc1)C(=O)OP.Cc1ccc(C[C@H](C)C(=O)OP)cc1. The maximum Gasteiger partial charge on any atom is 0.325 e. The average molecular weight is 875 g/mol. The molecule has 4 rings (SSSR count). The van der Waals surface area contributed by atoms with Gasteiger partial charge in [0.15, 0.2) is 0 Å². The zero-order chi connectivity index (χ0) is 43.6. The van der Waals surface area contributed by atoms with Crippen LogP contribution in [0, 0.1) is 25.7 Å². The lowest BCUT2D eigenvalue weighted by molar-refractivity contribution is -0.138. The van der Waals surface area contributed by atoms with Crippen molar-refractivity contribution in [2.45, 2.75) is 65.5 Å². The van der Waals surface area contributed by atoms with Crippen LogP contribution < -0.4 is 10.6 Å². The van der Waals surface area contributed by atoms with Crippen molar-refractivity contribution in [1.82, 2.24) is 10.6 Å². The maximum absolute atomic E-state index is 11.3. The van der Waals surface area contributed by atoms with Crippen molar-refractivity contribution < 1.29 is 47.5 Å². The van der Waals surface area contributed by atoms with Crippen LogP contribution >= 0.6 is 37.9 Å². The summed E-state index contributed by atoms with van der Waals surface area (Å²) in [6.45, 7) is 7.76. The summed E-state index contributed by atoms with van der Waals surface area (Å²) in [5.74, 6) is -0.826. The Hall–Kier alpha value is -4.00. The van der Waals surface area contributed by atoms with E-state index in [1.165, 1.54) is 16.7 Å². The Kier molecular flexibility index (Phi) is 26.2. The molecule has 4 aromatic rings. The van der Waals surface area contributed by atoms with Crippen molar-refractivity contribution in [1.29, 1.82) is 0 Å². The Bertz CT molecular complexity index is 1660. The highest BCUT2D eigenvalue weighted by atomic mass is 31.0. The molecule has 0 radical (unpaired) electrons. The first-order valence-corrected chi connectivity index (χ1v) is 20.1. The second-order valence-electron chi connectivity index (χ2n) is 13.4. The van der Waals surface area contributed by atoms with Crippen molar-refractivity contribution >= 4 is 61.7 Å². The standard InChI is InChI=1S/C11H16NO2P.C11H15O2P.C10H14NO3P.C10H13O3P/c1-8-3-5-9(6-4-8)7-10(12-2)11(13)14-15;1-8-3-5-10(6-4-8)7-9(2)11(12)13-14;1-11-9(10(13)14-15)6-7-2-4-8(12)5-3-7;1-7(10(12)13-14)6-8-2-4-9(11)5-3-8/h3-6,10,12H,7,15H2,1-2H3;3-6,9H,7,14H2,1-2H3;2-5,9,11-12H,6,15H2,1H3;2-5,7,11H,6,14H2,1H3/t10-;2*9-;7-/m0000/s1. The zero-order valence-electron chi connectivity index (χ0n) is 33.8. The number of carbonyl (C=O) groups excluding carboxylic acids is 4. The fourth-order valence-corrected chi connectivity index (χ4v) is 5.85. The first kappa shape index (κ1) is 52.0. The number of phenolic OH excluding ortho intramolecular Hbond substituents is 2. The summed E-state index contributed by atoms with van der Waals surface area (Å²) in [6.07, 6.45) is 2.52. The molecule has 0 saturated heterocycles. The number of aromatic hydroxyl groups is 2. The minimum atomic E-state index is -0.368. The van der Waals surface area contributed by atoms with Crippen molar-refractivity contribution in [2.75, 3.05) is 14.1 Å². The van der Waals surface area contributed by atoms with Crippen LogP contribution in [0.3, 0.4) is 0 Å². The van der Waals surface area contributed by atoms with E-state index in [9.17, 15) is 19.2 Å². The summed E-state index contributed by atoms with van der Waals surface area (Å²) in [5.41, 5.74) is 6.70. The van der Waals surface area contributed by atoms with Crippen LogP contribution in [0.2, 0.25) is 0 Å². The summed E-state index contributed by atoms with van der Waals surface area (Å²) >= 11 is 0. The van der Waals surface area contributed by atoms with Gasteiger partial charge in [-0.05, 0) is 100 Å². The largest absolute Gasteiger partial charge is 0.508 e. The molecule has 0 aliphatic heterocycles. The molecule has 0 aliphatic rings. The predicted molar refractivity (Wildman–Crippen MR) is 241 cm³/mol. The summed E-state index contributed by atoms with van der Waals surface area (Å²) in [6, 6.07) is 29.2. The van der Waals surface area contributed by atoms with E-state index in [0.29, 0.717) is 19.3 Å². The quantitative estimate of drug-likeness (QED) is 0.0989. The van der Waals surface area contributed by atoms with Crippen molar-refractivity contribution in [3.63, 3.8) is 0 Å². The minimum absolute atomic E-state index is 0.0878. The molecule has 12 nitrogen and oxygen atoms in total. The third-order valence-electron chi connectivity index (χ3n) is 8.61. The van der Waals surface area contributed by atoms with E-state index in [2.05, 4.69) is 28.7 Å². The van der Waals surface area contributed by atoms with Gasteiger partial charge in [0.2, 0.25) is 0 Å². The molecule has 16 heteroatoms. The van der Waals surface area contributed by atoms with Crippen LogP contribution in [0.25, 0.3) is 0 Å². The first-order chi connectivity index (χ1) is 27.6. The van der Waals surface area contributed by atoms with Gasteiger partial charge in [-0.3, -0.25) is 19.2 Å². The molecule has 4 unspecified atom stereocenters. The number of aryl methyl sites for hydroxylation is 2. The Labute approximate surface area is 352 Å². The monoisotopic (exact) mass is 874 g/mol. The van der Waals surface area contributed by atoms with Crippen molar-refractivity contribution in [3.05, 3.63) is 130 Å². The number of hydrogen-bond donors (Lipinski definition) is 4. The van der Waals surface area contributed by atoms with Crippen LogP contribution in [0.4, 0.5) is 0 Å². The van der Waals surface area contributed by atoms with Gasteiger partial charge in [0, 0.05) is 0 Å². The molecule has 0 spiro atoms. The smallest absolute Gasteiger partial charge is 0.325 e. The highest BCUT2D eigenvalue weighted by Crippen LogP contribution is 2.16. The molecule has 0 aliphatic carbocycles. The molecule has 0 aromatic heterocycles. The number of likely N-dealkylation sites (N-methyl/N-ethyl adjacent to an activating group) is 2. The van der Waals surface area contributed by atoms with Gasteiger partial charge in [-0.1, -0.05) is 97.8 Å². The first-order valence-electron chi connectivity index (χ1n) is 18.2. The third-order valence-corrected chi connectivity index (χ3v) is 9.54. The number of nitrogens with one attached hydrogen (secondary N) is 2. The fraction of sp³-hybridized carbons (Fsp3) is 0.333. The minimum Gasteiger partial charge on any atom is -0.508 e. The van der Waals surface area contributed by atoms with Gasteiger partial charge in [0.05, 0.1) is 49.7 Å². The Morgan fingerprint density at radius 2 is 0.707 bits per heavy atom. The lowest BCUT2D eigenvalue weighted by Crippen LogP contribution is -2.36. The van der Waals surface area contributed by atoms with Crippen LogP contribution in [-0.2, 0) is 63.0 Å². The van der Waals surface area contributed by atoms with E-state index < -0.39 is 0 Å². The highest BCUT2D eigenvalue weighted by Gasteiger charge is 2.18. The van der Waals surface area contributed by atoms with Gasteiger partial charge < -0.3 is 38.9 Å². The molecular weight excluding hydrogens is 816 g/mol. The number of carbonyl (C=O) groups is 4. The second kappa shape index (κ2) is 29.2. The molecule has 0 bridgehead atoms. The average Bonchev–Trinajstić information content (AvgIpc) is 3.24. The number of benzene rings is 4. The number of hydrogen-bond acceptors (Lipinski definition) is 12. The van der Waals surface area contributed by atoms with Gasteiger partial charge in [-0.15, -0.1) is 0 Å². The van der Waals surface area contributed by atoms with Gasteiger partial charge in [-0.2, -0.15) is 0 Å². The molecular formula is C42H58N2O10P4. The Morgan fingerprint density at radius 1 is 0.466 bits per heavy atom. The molecule has 0 saturated carbocycles. The Morgan fingerprint density at radius 3 is 0.948 bits per heavy atom. The van der Waals surface area contributed by atoms with Crippen LogP contribution in [-0.4, -0.2) is 60.3 Å². The van der Waals surface area contributed by atoms with E-state index in [1.807, 2.05) is 107 Å². The maximum atomic E-state index is 11.3. The van der Waals surface area contributed by atoms with Crippen molar-refractivity contribution in [3.8, 4) is 11.5 Å². The highest BCUT2D eigenvalue weighted by molar-refractivity contribution is 7.11. The van der Waals surface area contributed by atoms with E-state index in [0.717, 1.165) is 23.1 Å². The summed E-state index contributed by atoms with van der Waals surface area (Å²) in [5, 5.41) is 23.9. The molecule has 8 atom stereocenters. The van der Waals surface area contributed by atoms with Crippen LogP contribution in [0.1, 0.15) is 47.2 Å². The van der Waals surface area contributed by atoms with Gasteiger partial charge in [0.25, 0.3) is 0 Å². The topological polar surface area (TPSA) is 170 Å². The molecule has 316 valence electrons. The fourth-order valence-electron chi connectivity index (χ4n) is 5.06. The second-order valence-corrected chi connectivity index (χ2v) is 14.3. The van der Waals surface area contributed by atoms with Crippen LogP contribution in [0.15, 0.2) is 97.1 Å². The summed E-state index contributed by atoms with van der Waals surface area (Å²) in [7, 11) is 11.3. The number of rotatable bonds is 14. The normalized spacial score (nSPS) is 12.2. The Balaban J connectivity index is 0.000000387. The summed E-state index contributed by atoms with van der Waals surface area (Å²) < 4.78 is 18.3. The molecule has 0 fully saturated rings. The van der Waals surface area contributed by atoms with Crippen LogP contribution in [0.5, 0.6) is 11.5 Å². The zero-order valence-corrected chi connectivity index (χ0v) is 38.5. The van der Waals surface area contributed by atoms with E-state index >= 15 is 0 Å². The lowest BCUT2D eigenvalue weighted by atomic mass is 10.0. The predicted octanol–water partition coefficient (Wildman–Crippen LogP) is 6.73. The van der Waals surface area contributed by atoms with Crippen molar-refractivity contribution in [2.24, 2.45) is 11.8 Å². The van der Waals surface area contributed by atoms with Gasteiger partial charge >= 0.3 is 23.9 Å². The number of phenols is 2. The molecule has 4 N–H and O–H groups in total. The van der Waals surface area contributed by atoms with E-state index in [4.69, 9.17) is 10.2 Å². The lowest BCUT2D eigenvalue weighted by Gasteiger charge is -2.13. The molecule has 0 heterocycles. The molecule has 4 aromatic carbocycles. The van der Waals surface area contributed by atoms with E-state index in [1.54, 1.807) is 69.6 Å². The van der Waals surface area contributed by atoms with Gasteiger partial charge in [0.1, 0.15) is 23.6 Å². The third kappa shape index (κ3) is 21.1. The summed E-state index contributed by atoms with van der Waals surface area (Å²) in [4.78, 5) is 44.8.